The summed E-state index contributed by atoms with van der Waals surface area (Å²) in [5.74, 6) is -0.282. The first-order chi connectivity index (χ1) is 8.78. The van der Waals surface area contributed by atoms with Gasteiger partial charge in [0.05, 0.1) is 13.0 Å². The van der Waals surface area contributed by atoms with Gasteiger partial charge in [-0.1, -0.05) is 6.92 Å². The Morgan fingerprint density at radius 3 is 2.42 bits per heavy atom. The molecule has 1 aliphatic rings. The number of carbonyl (C=O) groups excluding carboxylic acids is 2. The molecule has 0 N–H and O–H groups in total. The third-order valence-electron chi connectivity index (χ3n) is 3.35. The summed E-state index contributed by atoms with van der Waals surface area (Å²) in [6.45, 7) is 8.13. The van der Waals surface area contributed by atoms with Crippen LogP contribution >= 0.6 is 0 Å². The van der Waals surface area contributed by atoms with Gasteiger partial charge >= 0.3 is 12.1 Å². The molecule has 0 aromatic carbocycles. The summed E-state index contributed by atoms with van der Waals surface area (Å²) in [4.78, 5) is 25.4. The number of amides is 1. The lowest BCUT2D eigenvalue weighted by Crippen LogP contribution is -2.49. The summed E-state index contributed by atoms with van der Waals surface area (Å²) in [5.41, 5.74) is -0.491. The number of nitrogens with zero attached hydrogens (tertiary/aromatic N) is 1. The molecule has 0 bridgehead atoms. The highest BCUT2D eigenvalue weighted by atomic mass is 16.6. The first-order valence-electron chi connectivity index (χ1n) is 6.86. The van der Waals surface area contributed by atoms with Crippen molar-refractivity contribution >= 4 is 12.1 Å². The molecule has 0 aromatic heterocycles. The number of ether oxygens (including phenoxy) is 2. The van der Waals surface area contributed by atoms with Crippen LogP contribution in [0.2, 0.25) is 0 Å². The molecule has 0 aliphatic carbocycles. The van der Waals surface area contributed by atoms with E-state index in [1.54, 1.807) is 4.90 Å². The van der Waals surface area contributed by atoms with Gasteiger partial charge in [-0.25, -0.2) is 4.79 Å². The standard InChI is InChI=1S/C14H25NO4/c1-6-11-9-10(12(16)18-5)7-8-15(11)13(17)19-14(2,3)4/h10-11H,6-9H2,1-5H3/t10-,11-/m1/s1. The molecule has 5 heteroatoms. The van der Waals surface area contributed by atoms with Crippen LogP contribution in [0.25, 0.3) is 0 Å². The van der Waals surface area contributed by atoms with Gasteiger partial charge in [0.2, 0.25) is 0 Å². The minimum atomic E-state index is -0.491. The average Bonchev–Trinajstić information content (AvgIpc) is 2.34. The number of hydrogen-bond acceptors (Lipinski definition) is 4. The van der Waals surface area contributed by atoms with Crippen molar-refractivity contribution in [2.45, 2.75) is 58.6 Å². The number of piperidine rings is 1. The van der Waals surface area contributed by atoms with Crippen LogP contribution in [-0.2, 0) is 14.3 Å². The lowest BCUT2D eigenvalue weighted by Gasteiger charge is -2.38. The van der Waals surface area contributed by atoms with E-state index in [0.29, 0.717) is 19.4 Å². The fraction of sp³-hybridized carbons (Fsp3) is 0.857. The van der Waals surface area contributed by atoms with Crippen LogP contribution in [0.4, 0.5) is 4.79 Å². The van der Waals surface area contributed by atoms with E-state index < -0.39 is 5.60 Å². The Hall–Kier alpha value is -1.26. The van der Waals surface area contributed by atoms with Crippen LogP contribution in [0.15, 0.2) is 0 Å². The quantitative estimate of drug-likeness (QED) is 0.724. The number of rotatable bonds is 2. The molecule has 1 heterocycles. The average molecular weight is 271 g/mol. The van der Waals surface area contributed by atoms with Gasteiger partial charge in [-0.05, 0) is 40.0 Å². The van der Waals surface area contributed by atoms with Crippen molar-refractivity contribution in [1.29, 1.82) is 0 Å². The third-order valence-corrected chi connectivity index (χ3v) is 3.35. The number of methoxy groups -OCH3 is 1. The molecule has 0 aromatic rings. The second-order valence-electron chi connectivity index (χ2n) is 5.98. The molecular formula is C14H25NO4. The Balaban J connectivity index is 2.67. The van der Waals surface area contributed by atoms with Crippen LogP contribution in [0.1, 0.15) is 47.0 Å². The lowest BCUT2D eigenvalue weighted by molar-refractivity contribution is -0.147. The molecule has 0 unspecified atom stereocenters. The van der Waals surface area contributed by atoms with Crippen molar-refractivity contribution < 1.29 is 19.1 Å². The number of hydrogen-bond donors (Lipinski definition) is 0. The Bertz CT molecular complexity index is 335. The van der Waals surface area contributed by atoms with Crippen LogP contribution < -0.4 is 0 Å². The number of likely N-dealkylation sites (tertiary alicyclic amines) is 1. The fourth-order valence-corrected chi connectivity index (χ4v) is 2.38. The zero-order valence-electron chi connectivity index (χ0n) is 12.6. The maximum atomic E-state index is 12.1. The lowest BCUT2D eigenvalue weighted by atomic mass is 9.90. The second kappa shape index (κ2) is 6.26. The first-order valence-corrected chi connectivity index (χ1v) is 6.86. The van der Waals surface area contributed by atoms with Crippen molar-refractivity contribution in [2.24, 2.45) is 5.92 Å². The molecule has 0 radical (unpaired) electrons. The summed E-state index contributed by atoms with van der Waals surface area (Å²) < 4.78 is 10.2. The summed E-state index contributed by atoms with van der Waals surface area (Å²) >= 11 is 0. The van der Waals surface area contributed by atoms with E-state index in [1.807, 2.05) is 27.7 Å². The van der Waals surface area contributed by atoms with Crippen molar-refractivity contribution in [3.63, 3.8) is 0 Å². The third kappa shape index (κ3) is 4.40. The molecule has 1 fully saturated rings. The molecule has 110 valence electrons. The molecule has 5 nitrogen and oxygen atoms in total. The topological polar surface area (TPSA) is 55.8 Å². The van der Waals surface area contributed by atoms with Crippen molar-refractivity contribution in [2.75, 3.05) is 13.7 Å². The fourth-order valence-electron chi connectivity index (χ4n) is 2.38. The van der Waals surface area contributed by atoms with Gasteiger partial charge in [-0.2, -0.15) is 0 Å². The van der Waals surface area contributed by atoms with Gasteiger partial charge in [-0.3, -0.25) is 4.79 Å². The molecular weight excluding hydrogens is 246 g/mol. The molecule has 0 saturated carbocycles. The molecule has 0 spiro atoms. The normalized spacial score (nSPS) is 23.9. The Morgan fingerprint density at radius 2 is 1.95 bits per heavy atom. The molecule has 1 saturated heterocycles. The van der Waals surface area contributed by atoms with Gasteiger partial charge in [0, 0.05) is 12.6 Å². The zero-order chi connectivity index (χ0) is 14.6. The van der Waals surface area contributed by atoms with Crippen LogP contribution in [0, 0.1) is 5.92 Å². The first kappa shape index (κ1) is 15.8. The summed E-state index contributed by atoms with van der Waals surface area (Å²) in [7, 11) is 1.41. The van der Waals surface area contributed by atoms with Gasteiger partial charge in [0.15, 0.2) is 0 Å². The van der Waals surface area contributed by atoms with Crippen molar-refractivity contribution in [1.82, 2.24) is 4.90 Å². The van der Waals surface area contributed by atoms with E-state index in [2.05, 4.69) is 0 Å². The van der Waals surface area contributed by atoms with Crippen molar-refractivity contribution in [3.05, 3.63) is 0 Å². The predicted molar refractivity (Wildman–Crippen MR) is 71.8 cm³/mol. The van der Waals surface area contributed by atoms with Gasteiger partial charge < -0.3 is 14.4 Å². The molecule has 1 amide bonds. The largest absolute Gasteiger partial charge is 0.469 e. The van der Waals surface area contributed by atoms with Gasteiger partial charge in [-0.15, -0.1) is 0 Å². The number of carbonyl (C=O) groups is 2. The second-order valence-corrected chi connectivity index (χ2v) is 5.98. The minimum absolute atomic E-state index is 0.0488. The van der Waals surface area contributed by atoms with E-state index in [1.165, 1.54) is 7.11 Å². The molecule has 19 heavy (non-hydrogen) atoms. The molecule has 2 atom stereocenters. The highest BCUT2D eigenvalue weighted by Crippen LogP contribution is 2.27. The maximum absolute atomic E-state index is 12.1. The Morgan fingerprint density at radius 1 is 1.32 bits per heavy atom. The van der Waals surface area contributed by atoms with Crippen molar-refractivity contribution in [3.8, 4) is 0 Å². The smallest absolute Gasteiger partial charge is 0.410 e. The zero-order valence-corrected chi connectivity index (χ0v) is 12.6. The van der Waals surface area contributed by atoms with E-state index in [0.717, 1.165) is 6.42 Å². The highest BCUT2D eigenvalue weighted by Gasteiger charge is 2.36. The van der Waals surface area contributed by atoms with Crippen LogP contribution in [-0.4, -0.2) is 42.3 Å². The number of esters is 1. The van der Waals surface area contributed by atoms with E-state index in [4.69, 9.17) is 9.47 Å². The SMILES string of the molecule is CC[C@@H]1C[C@H](C(=O)OC)CCN1C(=O)OC(C)(C)C. The van der Waals surface area contributed by atoms with E-state index in [-0.39, 0.29) is 24.0 Å². The summed E-state index contributed by atoms with van der Waals surface area (Å²) in [6.07, 6.45) is 1.82. The monoisotopic (exact) mass is 271 g/mol. The van der Waals surface area contributed by atoms with E-state index >= 15 is 0 Å². The minimum Gasteiger partial charge on any atom is -0.469 e. The van der Waals surface area contributed by atoms with E-state index in [9.17, 15) is 9.59 Å². The molecule has 1 aliphatic heterocycles. The van der Waals surface area contributed by atoms with Gasteiger partial charge in [0.1, 0.15) is 5.60 Å². The highest BCUT2D eigenvalue weighted by molar-refractivity contribution is 5.73. The maximum Gasteiger partial charge on any atom is 0.410 e. The van der Waals surface area contributed by atoms with Gasteiger partial charge in [0.25, 0.3) is 0 Å². The molecule has 1 rings (SSSR count). The van der Waals surface area contributed by atoms with Crippen LogP contribution in [0.3, 0.4) is 0 Å². The Labute approximate surface area is 115 Å². The van der Waals surface area contributed by atoms with Crippen LogP contribution in [0.5, 0.6) is 0 Å². The summed E-state index contributed by atoms with van der Waals surface area (Å²) in [6, 6.07) is 0.0488. The predicted octanol–water partition coefficient (Wildman–Crippen LogP) is 2.59. The summed E-state index contributed by atoms with van der Waals surface area (Å²) in [5, 5.41) is 0. The Kier molecular flexibility index (Phi) is 5.20.